The van der Waals surface area contributed by atoms with Crippen LogP contribution in [0, 0.1) is 22.7 Å². The summed E-state index contributed by atoms with van der Waals surface area (Å²) in [5.41, 5.74) is 3.50. The minimum absolute atomic E-state index is 0.0629. The Bertz CT molecular complexity index is 1170. The Morgan fingerprint density at radius 3 is 1.37 bits per heavy atom. The Morgan fingerprint density at radius 2 is 1.05 bits per heavy atom. The molecule has 8 heteroatoms. The van der Waals surface area contributed by atoms with Crippen molar-refractivity contribution < 1.29 is 19.1 Å². The van der Waals surface area contributed by atoms with Crippen molar-refractivity contribution in [3.8, 4) is 12.1 Å². The molecule has 0 saturated heterocycles. The van der Waals surface area contributed by atoms with Crippen molar-refractivity contribution in [2.75, 3.05) is 50.2 Å². The molecule has 0 aliphatic rings. The first kappa shape index (κ1) is 32.7. The van der Waals surface area contributed by atoms with E-state index in [4.69, 9.17) is 9.47 Å². The van der Waals surface area contributed by atoms with E-state index < -0.39 is 11.9 Å². The van der Waals surface area contributed by atoms with Crippen molar-refractivity contribution in [3.63, 3.8) is 0 Å². The lowest BCUT2D eigenvalue weighted by Crippen LogP contribution is -2.17. The number of anilines is 2. The largest absolute Gasteiger partial charge is 0.462 e. The molecule has 2 aromatic rings. The van der Waals surface area contributed by atoms with E-state index in [0.717, 1.165) is 48.4 Å². The standard InChI is InChI=1S/C33H40N4O4/c1-5-18-36(3)30-14-10-26(11-15-30)22-28(24-34)32(38)40-20-8-7-9-21-41-33(39)29(25-35)23-27-12-16-31(17-13-27)37(4)19-6-2/h10-17,22-23H,5-9,18-21H2,1-4H3/b28-22+,29-23+. The van der Waals surface area contributed by atoms with E-state index in [0.29, 0.717) is 19.3 Å². The number of ether oxygens (including phenoxy) is 2. The summed E-state index contributed by atoms with van der Waals surface area (Å²) in [5, 5.41) is 18.8. The van der Waals surface area contributed by atoms with Crippen molar-refractivity contribution in [1.29, 1.82) is 10.5 Å². The fraction of sp³-hybridized carbons (Fsp3) is 0.394. The molecule has 0 amide bonds. The third kappa shape index (κ3) is 11.2. The first-order chi connectivity index (χ1) is 19.8. The van der Waals surface area contributed by atoms with Crippen molar-refractivity contribution in [2.24, 2.45) is 0 Å². The average Bonchev–Trinajstić information content (AvgIpc) is 2.98. The summed E-state index contributed by atoms with van der Waals surface area (Å²) < 4.78 is 10.5. The Labute approximate surface area is 244 Å². The Morgan fingerprint density at radius 1 is 0.683 bits per heavy atom. The molecule has 41 heavy (non-hydrogen) atoms. The van der Waals surface area contributed by atoms with Crippen LogP contribution in [0.3, 0.4) is 0 Å². The van der Waals surface area contributed by atoms with Crippen LogP contribution < -0.4 is 9.80 Å². The molecule has 0 heterocycles. The van der Waals surface area contributed by atoms with Gasteiger partial charge in [-0.05, 0) is 79.6 Å². The fourth-order valence-electron chi connectivity index (χ4n) is 4.05. The second kappa shape index (κ2) is 17.9. The zero-order valence-corrected chi connectivity index (χ0v) is 24.6. The van der Waals surface area contributed by atoms with Gasteiger partial charge in [0.1, 0.15) is 23.3 Å². The van der Waals surface area contributed by atoms with E-state index in [9.17, 15) is 20.1 Å². The van der Waals surface area contributed by atoms with Gasteiger partial charge in [-0.1, -0.05) is 38.1 Å². The molecule has 0 bridgehead atoms. The predicted octanol–water partition coefficient (Wildman–Crippen LogP) is 6.15. The fourth-order valence-corrected chi connectivity index (χ4v) is 4.05. The summed E-state index contributed by atoms with van der Waals surface area (Å²) in [5.74, 6) is -1.33. The smallest absolute Gasteiger partial charge is 0.348 e. The van der Waals surface area contributed by atoms with Crippen LogP contribution in [0.5, 0.6) is 0 Å². The molecule has 0 fully saturated rings. The topological polar surface area (TPSA) is 107 Å². The molecule has 0 N–H and O–H groups in total. The molecular formula is C33H40N4O4. The maximum Gasteiger partial charge on any atom is 0.348 e. The maximum atomic E-state index is 12.3. The summed E-state index contributed by atoms with van der Waals surface area (Å²) >= 11 is 0. The number of nitriles is 2. The van der Waals surface area contributed by atoms with Gasteiger partial charge in [0.2, 0.25) is 0 Å². The zero-order chi connectivity index (χ0) is 30.0. The van der Waals surface area contributed by atoms with E-state index in [-0.39, 0.29) is 24.4 Å². The van der Waals surface area contributed by atoms with E-state index in [1.807, 2.05) is 74.8 Å². The van der Waals surface area contributed by atoms with Crippen molar-refractivity contribution in [2.45, 2.75) is 46.0 Å². The molecule has 0 atom stereocenters. The SMILES string of the molecule is CCCN(C)c1ccc(/C=C(\C#N)C(=O)OCCCCCOC(=O)/C(C#N)=C/c2ccc(N(C)CCC)cc2)cc1. The van der Waals surface area contributed by atoms with Gasteiger partial charge in [0, 0.05) is 38.6 Å². The van der Waals surface area contributed by atoms with E-state index >= 15 is 0 Å². The number of carbonyl (C=O) groups is 2. The zero-order valence-electron chi connectivity index (χ0n) is 24.6. The highest BCUT2D eigenvalue weighted by Gasteiger charge is 2.12. The number of esters is 2. The molecule has 0 saturated carbocycles. The lowest BCUT2D eigenvalue weighted by molar-refractivity contribution is -0.138. The maximum absolute atomic E-state index is 12.3. The minimum atomic E-state index is -0.667. The summed E-state index contributed by atoms with van der Waals surface area (Å²) in [6.07, 6.45) is 6.88. The van der Waals surface area contributed by atoms with E-state index in [1.165, 1.54) is 12.2 Å². The summed E-state index contributed by atoms with van der Waals surface area (Å²) in [6.45, 7) is 6.42. The van der Waals surface area contributed by atoms with Gasteiger partial charge in [-0.25, -0.2) is 9.59 Å². The Kier molecular flexibility index (Phi) is 14.3. The van der Waals surface area contributed by atoms with Crippen LogP contribution in [0.1, 0.15) is 57.1 Å². The number of hydrogen-bond donors (Lipinski definition) is 0. The Hall–Kier alpha value is -4.56. The molecule has 0 aliphatic heterocycles. The molecular weight excluding hydrogens is 516 g/mol. The molecule has 0 aliphatic carbocycles. The van der Waals surface area contributed by atoms with Gasteiger partial charge >= 0.3 is 11.9 Å². The average molecular weight is 557 g/mol. The van der Waals surface area contributed by atoms with Crippen LogP contribution in [0.25, 0.3) is 12.2 Å². The minimum Gasteiger partial charge on any atom is -0.462 e. The second-order valence-corrected chi connectivity index (χ2v) is 9.70. The highest BCUT2D eigenvalue weighted by molar-refractivity contribution is 5.98. The van der Waals surface area contributed by atoms with Crippen LogP contribution in [0.4, 0.5) is 11.4 Å². The van der Waals surface area contributed by atoms with Crippen LogP contribution in [0.2, 0.25) is 0 Å². The van der Waals surface area contributed by atoms with Crippen LogP contribution in [-0.4, -0.2) is 52.3 Å². The lowest BCUT2D eigenvalue weighted by Gasteiger charge is -2.18. The van der Waals surface area contributed by atoms with Gasteiger partial charge in [0.05, 0.1) is 13.2 Å². The molecule has 0 unspecified atom stereocenters. The van der Waals surface area contributed by atoms with Gasteiger partial charge in [-0.15, -0.1) is 0 Å². The van der Waals surface area contributed by atoms with E-state index in [1.54, 1.807) is 0 Å². The summed E-state index contributed by atoms with van der Waals surface area (Å²) in [7, 11) is 4.04. The van der Waals surface area contributed by atoms with Crippen LogP contribution in [0.15, 0.2) is 59.7 Å². The molecule has 216 valence electrons. The van der Waals surface area contributed by atoms with Gasteiger partial charge in [-0.2, -0.15) is 10.5 Å². The highest BCUT2D eigenvalue weighted by Crippen LogP contribution is 2.18. The summed E-state index contributed by atoms with van der Waals surface area (Å²) in [6, 6.07) is 19.1. The number of carbonyl (C=O) groups excluding carboxylic acids is 2. The number of rotatable bonds is 16. The first-order valence-corrected chi connectivity index (χ1v) is 14.0. The number of unbranched alkanes of at least 4 members (excludes halogenated alkanes) is 2. The highest BCUT2D eigenvalue weighted by atomic mass is 16.5. The van der Waals surface area contributed by atoms with Gasteiger partial charge in [0.15, 0.2) is 0 Å². The third-order valence-corrected chi connectivity index (χ3v) is 6.34. The predicted molar refractivity (Wildman–Crippen MR) is 163 cm³/mol. The van der Waals surface area contributed by atoms with Crippen LogP contribution in [-0.2, 0) is 19.1 Å². The van der Waals surface area contributed by atoms with Crippen LogP contribution >= 0.6 is 0 Å². The first-order valence-electron chi connectivity index (χ1n) is 14.0. The summed E-state index contributed by atoms with van der Waals surface area (Å²) in [4.78, 5) is 28.9. The monoisotopic (exact) mass is 556 g/mol. The molecule has 0 aromatic heterocycles. The van der Waals surface area contributed by atoms with Crippen molar-refractivity contribution in [1.82, 2.24) is 0 Å². The van der Waals surface area contributed by atoms with E-state index in [2.05, 4.69) is 23.6 Å². The van der Waals surface area contributed by atoms with Crippen molar-refractivity contribution >= 4 is 35.5 Å². The lowest BCUT2D eigenvalue weighted by atomic mass is 10.1. The number of nitrogens with zero attached hydrogens (tertiary/aromatic N) is 4. The Balaban J connectivity index is 1.73. The van der Waals surface area contributed by atoms with Gasteiger partial charge < -0.3 is 19.3 Å². The molecule has 0 radical (unpaired) electrons. The van der Waals surface area contributed by atoms with Crippen molar-refractivity contribution in [3.05, 3.63) is 70.8 Å². The third-order valence-electron chi connectivity index (χ3n) is 6.34. The molecule has 8 nitrogen and oxygen atoms in total. The molecule has 0 spiro atoms. The molecule has 2 aromatic carbocycles. The normalized spacial score (nSPS) is 11.3. The second-order valence-electron chi connectivity index (χ2n) is 9.70. The number of benzene rings is 2. The number of hydrogen-bond acceptors (Lipinski definition) is 8. The van der Waals surface area contributed by atoms with Gasteiger partial charge in [-0.3, -0.25) is 0 Å². The molecule has 2 rings (SSSR count). The quantitative estimate of drug-likeness (QED) is 0.105. The van der Waals surface area contributed by atoms with Gasteiger partial charge in [0.25, 0.3) is 0 Å².